The number of carbonyl (C=O) groups is 1. The molecule has 1 amide bonds. The topological polar surface area (TPSA) is 88.2 Å². The quantitative estimate of drug-likeness (QED) is 0.532. The van der Waals surface area contributed by atoms with Gasteiger partial charge in [-0.1, -0.05) is 12.1 Å². The van der Waals surface area contributed by atoms with Gasteiger partial charge in [0, 0.05) is 29.4 Å². The summed E-state index contributed by atoms with van der Waals surface area (Å²) in [6.07, 6.45) is 0.171. The van der Waals surface area contributed by atoms with Gasteiger partial charge in [0.2, 0.25) is 15.9 Å². The first-order valence-corrected chi connectivity index (χ1v) is 12.0. The van der Waals surface area contributed by atoms with E-state index in [9.17, 15) is 13.2 Å². The first-order chi connectivity index (χ1) is 13.3. The van der Waals surface area contributed by atoms with Crippen LogP contribution in [0.2, 0.25) is 0 Å². The Morgan fingerprint density at radius 1 is 1.14 bits per heavy atom. The second-order valence-electron chi connectivity index (χ2n) is 6.35. The molecule has 1 aromatic carbocycles. The highest BCUT2D eigenvalue weighted by molar-refractivity contribution is 7.89. The van der Waals surface area contributed by atoms with Gasteiger partial charge in [-0.2, -0.15) is 11.3 Å². The molecule has 0 unspecified atom stereocenters. The maximum absolute atomic E-state index is 12.4. The predicted molar refractivity (Wildman–Crippen MR) is 113 cm³/mol. The third-order valence-corrected chi connectivity index (χ3v) is 7.26. The third-order valence-electron chi connectivity index (χ3n) is 4.03. The molecule has 0 aliphatic carbocycles. The van der Waals surface area contributed by atoms with Crippen molar-refractivity contribution in [2.75, 3.05) is 13.1 Å². The number of carbonyl (C=O) groups excluding carboxylic acids is 1. The molecule has 2 heterocycles. The SMILES string of the molecule is Cc1ccc(C)c(S(=O)(=O)NCCNC(=O)Cc2csc(-c3ccsc3)n2)c1. The van der Waals surface area contributed by atoms with Gasteiger partial charge in [0.15, 0.2) is 0 Å². The number of nitrogens with zero attached hydrogens (tertiary/aromatic N) is 1. The lowest BCUT2D eigenvalue weighted by atomic mass is 10.2. The van der Waals surface area contributed by atoms with Crippen LogP contribution in [0.5, 0.6) is 0 Å². The fourth-order valence-corrected chi connectivity index (χ4v) is 5.49. The average Bonchev–Trinajstić information content (AvgIpc) is 3.32. The van der Waals surface area contributed by atoms with Crippen molar-refractivity contribution in [1.29, 1.82) is 0 Å². The van der Waals surface area contributed by atoms with Gasteiger partial charge in [0.05, 0.1) is 17.0 Å². The molecule has 6 nitrogen and oxygen atoms in total. The third kappa shape index (κ3) is 5.26. The first-order valence-electron chi connectivity index (χ1n) is 8.66. The van der Waals surface area contributed by atoms with Crippen molar-refractivity contribution < 1.29 is 13.2 Å². The zero-order valence-electron chi connectivity index (χ0n) is 15.6. The number of thiophene rings is 1. The number of thiazole rings is 1. The molecule has 0 saturated heterocycles. The van der Waals surface area contributed by atoms with Crippen LogP contribution < -0.4 is 10.0 Å². The summed E-state index contributed by atoms with van der Waals surface area (Å²) >= 11 is 3.11. The van der Waals surface area contributed by atoms with Crippen LogP contribution in [0.25, 0.3) is 10.6 Å². The van der Waals surface area contributed by atoms with Gasteiger partial charge >= 0.3 is 0 Å². The molecular weight excluding hydrogens is 414 g/mol. The number of nitrogens with one attached hydrogen (secondary N) is 2. The highest BCUT2D eigenvalue weighted by Crippen LogP contribution is 2.25. The summed E-state index contributed by atoms with van der Waals surface area (Å²) in [6, 6.07) is 7.29. The predicted octanol–water partition coefficient (Wildman–Crippen LogP) is 3.13. The van der Waals surface area contributed by atoms with Crippen molar-refractivity contribution in [2.24, 2.45) is 0 Å². The summed E-state index contributed by atoms with van der Waals surface area (Å²) in [5, 5.41) is 9.50. The minimum absolute atomic E-state index is 0.124. The molecule has 28 heavy (non-hydrogen) atoms. The zero-order valence-corrected chi connectivity index (χ0v) is 18.0. The Balaban J connectivity index is 1.47. The van der Waals surface area contributed by atoms with Crippen LogP contribution in [-0.2, 0) is 21.2 Å². The Kier molecular flexibility index (Phi) is 6.61. The molecule has 0 bridgehead atoms. The summed E-state index contributed by atoms with van der Waals surface area (Å²) in [7, 11) is -3.60. The molecule has 0 aliphatic heterocycles. The van der Waals surface area contributed by atoms with E-state index in [1.165, 1.54) is 11.3 Å². The normalized spacial score (nSPS) is 11.5. The maximum atomic E-state index is 12.4. The Morgan fingerprint density at radius 3 is 2.71 bits per heavy atom. The molecule has 0 spiro atoms. The Labute approximate surface area is 172 Å². The minimum Gasteiger partial charge on any atom is -0.354 e. The van der Waals surface area contributed by atoms with E-state index in [4.69, 9.17) is 0 Å². The highest BCUT2D eigenvalue weighted by atomic mass is 32.2. The van der Waals surface area contributed by atoms with E-state index in [0.29, 0.717) is 11.3 Å². The van der Waals surface area contributed by atoms with Crippen LogP contribution in [0.4, 0.5) is 0 Å². The summed E-state index contributed by atoms with van der Waals surface area (Å²) in [6.45, 7) is 3.94. The summed E-state index contributed by atoms with van der Waals surface area (Å²) in [4.78, 5) is 16.8. The van der Waals surface area contributed by atoms with E-state index in [-0.39, 0.29) is 30.3 Å². The summed E-state index contributed by atoms with van der Waals surface area (Å²) in [5.41, 5.74) is 3.33. The van der Waals surface area contributed by atoms with Crippen molar-refractivity contribution in [3.05, 3.63) is 57.2 Å². The van der Waals surface area contributed by atoms with Crippen molar-refractivity contribution >= 4 is 38.6 Å². The number of amides is 1. The van der Waals surface area contributed by atoms with E-state index < -0.39 is 10.0 Å². The molecule has 0 radical (unpaired) electrons. The van der Waals surface area contributed by atoms with Crippen LogP contribution in [0.15, 0.2) is 45.3 Å². The van der Waals surface area contributed by atoms with Gasteiger partial charge in [0.25, 0.3) is 0 Å². The van der Waals surface area contributed by atoms with Gasteiger partial charge in [0.1, 0.15) is 5.01 Å². The molecule has 0 atom stereocenters. The molecule has 0 fully saturated rings. The summed E-state index contributed by atoms with van der Waals surface area (Å²) in [5.74, 6) is -0.187. The number of aromatic nitrogens is 1. The standard InChI is InChI=1S/C19H21N3O3S3/c1-13-3-4-14(2)17(9-13)28(24,25)21-7-6-20-18(23)10-16-12-27-19(22-16)15-5-8-26-11-15/h3-5,8-9,11-12,21H,6-7,10H2,1-2H3,(H,20,23). The van der Waals surface area contributed by atoms with Crippen LogP contribution in [0.3, 0.4) is 0 Å². The molecule has 148 valence electrons. The number of hydrogen-bond donors (Lipinski definition) is 2. The minimum atomic E-state index is -3.60. The van der Waals surface area contributed by atoms with Crippen molar-refractivity contribution in [2.45, 2.75) is 25.2 Å². The molecule has 0 saturated carbocycles. The fraction of sp³-hybridized carbons (Fsp3) is 0.263. The van der Waals surface area contributed by atoms with Gasteiger partial charge in [-0.3, -0.25) is 4.79 Å². The van der Waals surface area contributed by atoms with Crippen LogP contribution in [-0.4, -0.2) is 32.4 Å². The number of benzene rings is 1. The van der Waals surface area contributed by atoms with E-state index in [1.54, 1.807) is 30.4 Å². The van der Waals surface area contributed by atoms with E-state index in [0.717, 1.165) is 16.1 Å². The van der Waals surface area contributed by atoms with Crippen LogP contribution in [0.1, 0.15) is 16.8 Å². The molecule has 3 rings (SSSR count). The lowest BCUT2D eigenvalue weighted by Gasteiger charge is -2.10. The molecule has 9 heteroatoms. The molecule has 3 aromatic rings. The summed E-state index contributed by atoms with van der Waals surface area (Å²) < 4.78 is 27.4. The van der Waals surface area contributed by atoms with E-state index >= 15 is 0 Å². The lowest BCUT2D eigenvalue weighted by molar-refractivity contribution is -0.120. The van der Waals surface area contributed by atoms with Gasteiger partial charge < -0.3 is 5.32 Å². The largest absolute Gasteiger partial charge is 0.354 e. The fourth-order valence-electron chi connectivity index (χ4n) is 2.60. The van der Waals surface area contributed by atoms with E-state index in [1.807, 2.05) is 35.2 Å². The maximum Gasteiger partial charge on any atom is 0.240 e. The molecular formula is C19H21N3O3S3. The molecule has 0 aliphatic rings. The highest BCUT2D eigenvalue weighted by Gasteiger charge is 2.16. The first kappa shape index (κ1) is 20.7. The Hall–Kier alpha value is -2.07. The number of rotatable bonds is 8. The Morgan fingerprint density at radius 2 is 1.96 bits per heavy atom. The van der Waals surface area contributed by atoms with Gasteiger partial charge in [-0.15, -0.1) is 11.3 Å². The van der Waals surface area contributed by atoms with Crippen LogP contribution in [0, 0.1) is 13.8 Å². The smallest absolute Gasteiger partial charge is 0.240 e. The monoisotopic (exact) mass is 435 g/mol. The molecule has 2 aromatic heterocycles. The van der Waals surface area contributed by atoms with Crippen molar-refractivity contribution in [3.8, 4) is 10.6 Å². The lowest BCUT2D eigenvalue weighted by Crippen LogP contribution is -2.35. The number of aryl methyl sites for hydroxylation is 2. The number of sulfonamides is 1. The second kappa shape index (κ2) is 8.95. The second-order valence-corrected chi connectivity index (χ2v) is 9.72. The van der Waals surface area contributed by atoms with E-state index in [2.05, 4.69) is 15.0 Å². The average molecular weight is 436 g/mol. The molecule has 2 N–H and O–H groups in total. The van der Waals surface area contributed by atoms with Crippen LogP contribution >= 0.6 is 22.7 Å². The van der Waals surface area contributed by atoms with Gasteiger partial charge in [-0.25, -0.2) is 18.1 Å². The van der Waals surface area contributed by atoms with Crippen molar-refractivity contribution in [1.82, 2.24) is 15.0 Å². The Bertz CT molecular complexity index is 1060. The number of hydrogen-bond acceptors (Lipinski definition) is 6. The van der Waals surface area contributed by atoms with Gasteiger partial charge in [-0.05, 0) is 42.5 Å². The van der Waals surface area contributed by atoms with Crippen molar-refractivity contribution in [3.63, 3.8) is 0 Å². The zero-order chi connectivity index (χ0) is 20.1.